The largest absolute Gasteiger partial charge is 0.468 e. The summed E-state index contributed by atoms with van der Waals surface area (Å²) in [6, 6.07) is 0.480. The molecule has 0 amide bonds. The minimum Gasteiger partial charge on any atom is -0.468 e. The summed E-state index contributed by atoms with van der Waals surface area (Å²) in [6.07, 6.45) is 9.61. The van der Waals surface area contributed by atoms with Gasteiger partial charge in [-0.15, -0.1) is 0 Å². The van der Waals surface area contributed by atoms with Crippen molar-refractivity contribution in [2.45, 2.75) is 82.9 Å². The van der Waals surface area contributed by atoms with Crippen molar-refractivity contribution in [3.05, 3.63) is 0 Å². The summed E-state index contributed by atoms with van der Waals surface area (Å²) in [6.45, 7) is 4.84. The third kappa shape index (κ3) is 4.96. The van der Waals surface area contributed by atoms with Gasteiger partial charge in [0.25, 0.3) is 0 Å². The van der Waals surface area contributed by atoms with E-state index < -0.39 is 5.54 Å². The molecule has 4 heteroatoms. The Morgan fingerprint density at radius 2 is 2.05 bits per heavy atom. The highest BCUT2D eigenvalue weighted by Gasteiger charge is 2.39. The summed E-state index contributed by atoms with van der Waals surface area (Å²) in [5.74, 6) is 0.647. The predicted molar refractivity (Wildman–Crippen MR) is 83.2 cm³/mol. The third-order valence-corrected chi connectivity index (χ3v) is 5.00. The molecule has 4 nitrogen and oxygen atoms in total. The van der Waals surface area contributed by atoms with Gasteiger partial charge in [0.1, 0.15) is 5.54 Å². The average Bonchev–Trinajstić information content (AvgIpc) is 3.30. The molecule has 0 bridgehead atoms. The molecule has 0 aromatic rings. The van der Waals surface area contributed by atoms with Gasteiger partial charge in [-0.05, 0) is 44.9 Å². The molecule has 0 aromatic heterocycles. The molecule has 0 saturated heterocycles. The third-order valence-electron chi connectivity index (χ3n) is 5.00. The van der Waals surface area contributed by atoms with E-state index in [9.17, 15) is 4.79 Å². The number of carbonyl (C=O) groups is 1. The number of methoxy groups -OCH3 is 1. The lowest BCUT2D eigenvalue weighted by molar-refractivity contribution is -0.149. The molecule has 122 valence electrons. The van der Waals surface area contributed by atoms with Gasteiger partial charge in [0, 0.05) is 12.6 Å². The van der Waals surface area contributed by atoms with Crippen molar-refractivity contribution in [2.75, 3.05) is 13.7 Å². The summed E-state index contributed by atoms with van der Waals surface area (Å²) < 4.78 is 11.0. The molecule has 2 aliphatic rings. The summed E-state index contributed by atoms with van der Waals surface area (Å²) in [4.78, 5) is 12.0. The van der Waals surface area contributed by atoms with Crippen LogP contribution in [0.4, 0.5) is 0 Å². The Labute approximate surface area is 129 Å². The quantitative estimate of drug-likeness (QED) is 0.700. The van der Waals surface area contributed by atoms with E-state index in [-0.39, 0.29) is 5.97 Å². The second kappa shape index (κ2) is 7.59. The SMILES string of the molecule is CCC1CCCC(OCCC(C)(NC2CC2)C(=O)OC)C1. The fourth-order valence-corrected chi connectivity index (χ4v) is 3.33. The Morgan fingerprint density at radius 3 is 2.67 bits per heavy atom. The van der Waals surface area contributed by atoms with Crippen molar-refractivity contribution in [3.8, 4) is 0 Å². The second-order valence-corrected chi connectivity index (χ2v) is 6.93. The molecule has 21 heavy (non-hydrogen) atoms. The van der Waals surface area contributed by atoms with Crippen LogP contribution in [0.25, 0.3) is 0 Å². The topological polar surface area (TPSA) is 47.6 Å². The minimum atomic E-state index is -0.602. The molecular weight excluding hydrogens is 266 g/mol. The molecule has 3 unspecified atom stereocenters. The Morgan fingerprint density at radius 1 is 1.29 bits per heavy atom. The van der Waals surface area contributed by atoms with Gasteiger partial charge in [-0.2, -0.15) is 0 Å². The van der Waals surface area contributed by atoms with Crippen LogP contribution in [0.5, 0.6) is 0 Å². The van der Waals surface area contributed by atoms with E-state index in [1.165, 1.54) is 39.2 Å². The smallest absolute Gasteiger partial charge is 0.325 e. The number of rotatable bonds is 8. The molecule has 2 fully saturated rings. The van der Waals surface area contributed by atoms with Gasteiger partial charge < -0.3 is 9.47 Å². The molecular formula is C17H31NO3. The molecule has 1 N–H and O–H groups in total. The Kier molecular flexibility index (Phi) is 6.06. The lowest BCUT2D eigenvalue weighted by Crippen LogP contribution is -2.52. The van der Waals surface area contributed by atoms with E-state index in [0.717, 1.165) is 18.8 Å². The van der Waals surface area contributed by atoms with E-state index in [2.05, 4.69) is 12.2 Å². The van der Waals surface area contributed by atoms with E-state index in [4.69, 9.17) is 9.47 Å². The number of nitrogens with one attached hydrogen (secondary N) is 1. The predicted octanol–water partition coefficient (Wildman–Crippen LogP) is 3.05. The van der Waals surface area contributed by atoms with Crippen LogP contribution in [0, 0.1) is 5.92 Å². The summed E-state index contributed by atoms with van der Waals surface area (Å²) in [5, 5.41) is 3.42. The van der Waals surface area contributed by atoms with Gasteiger partial charge in [0.15, 0.2) is 0 Å². The van der Waals surface area contributed by atoms with E-state index in [0.29, 0.717) is 25.2 Å². The van der Waals surface area contributed by atoms with Crippen molar-refractivity contribution in [3.63, 3.8) is 0 Å². The first-order valence-corrected chi connectivity index (χ1v) is 8.55. The van der Waals surface area contributed by atoms with E-state index in [1.54, 1.807) is 0 Å². The standard InChI is InChI=1S/C17H31NO3/c1-4-13-6-5-7-15(12-13)21-11-10-17(2,16(19)20-3)18-14-8-9-14/h13-15,18H,4-12H2,1-3H3. The molecule has 0 heterocycles. The number of hydrogen-bond acceptors (Lipinski definition) is 4. The van der Waals surface area contributed by atoms with E-state index in [1.807, 2.05) is 6.92 Å². The molecule has 2 rings (SSSR count). The zero-order valence-electron chi connectivity index (χ0n) is 13.8. The van der Waals surface area contributed by atoms with Crippen molar-refractivity contribution in [1.82, 2.24) is 5.32 Å². The highest BCUT2D eigenvalue weighted by Crippen LogP contribution is 2.29. The molecule has 0 aromatic carbocycles. The number of esters is 1. The molecule has 0 radical (unpaired) electrons. The van der Waals surface area contributed by atoms with Gasteiger partial charge in [-0.1, -0.05) is 26.2 Å². The summed E-state index contributed by atoms with van der Waals surface area (Å²) in [5.41, 5.74) is -0.602. The lowest BCUT2D eigenvalue weighted by atomic mass is 9.85. The van der Waals surface area contributed by atoms with Gasteiger partial charge in [-0.25, -0.2) is 0 Å². The number of carbonyl (C=O) groups excluding carboxylic acids is 1. The van der Waals surface area contributed by atoms with Crippen LogP contribution < -0.4 is 5.32 Å². The van der Waals surface area contributed by atoms with Crippen LogP contribution >= 0.6 is 0 Å². The first kappa shape index (κ1) is 16.8. The Hall–Kier alpha value is -0.610. The lowest BCUT2D eigenvalue weighted by Gasteiger charge is -2.31. The molecule has 2 saturated carbocycles. The number of ether oxygens (including phenoxy) is 2. The summed E-state index contributed by atoms with van der Waals surface area (Å²) in [7, 11) is 1.46. The highest BCUT2D eigenvalue weighted by molar-refractivity contribution is 5.80. The van der Waals surface area contributed by atoms with Gasteiger partial charge >= 0.3 is 5.97 Å². The Balaban J connectivity index is 1.77. The highest BCUT2D eigenvalue weighted by atomic mass is 16.5. The van der Waals surface area contributed by atoms with Crippen LogP contribution in [-0.2, 0) is 14.3 Å². The van der Waals surface area contributed by atoms with E-state index >= 15 is 0 Å². The Bertz CT molecular complexity index is 343. The zero-order valence-corrected chi connectivity index (χ0v) is 13.8. The van der Waals surface area contributed by atoms with Crippen molar-refractivity contribution >= 4 is 5.97 Å². The maximum Gasteiger partial charge on any atom is 0.325 e. The van der Waals surface area contributed by atoms with Crippen molar-refractivity contribution in [2.24, 2.45) is 5.92 Å². The first-order valence-electron chi connectivity index (χ1n) is 8.55. The molecule has 2 aliphatic carbocycles. The maximum absolute atomic E-state index is 12.0. The van der Waals surface area contributed by atoms with Gasteiger partial charge in [-0.3, -0.25) is 10.1 Å². The monoisotopic (exact) mass is 297 g/mol. The fraction of sp³-hybridized carbons (Fsp3) is 0.941. The van der Waals surface area contributed by atoms with Gasteiger partial charge in [0.05, 0.1) is 13.2 Å². The average molecular weight is 297 g/mol. The molecule has 3 atom stereocenters. The fourth-order valence-electron chi connectivity index (χ4n) is 3.33. The van der Waals surface area contributed by atoms with Crippen molar-refractivity contribution < 1.29 is 14.3 Å². The number of hydrogen-bond donors (Lipinski definition) is 1. The summed E-state index contributed by atoms with van der Waals surface area (Å²) >= 11 is 0. The zero-order chi connectivity index (χ0) is 15.3. The van der Waals surface area contributed by atoms with Crippen LogP contribution in [0.15, 0.2) is 0 Å². The minimum absolute atomic E-state index is 0.173. The van der Waals surface area contributed by atoms with Crippen LogP contribution in [0.3, 0.4) is 0 Å². The van der Waals surface area contributed by atoms with Crippen LogP contribution in [0.1, 0.15) is 65.2 Å². The first-order chi connectivity index (χ1) is 10.1. The molecule has 0 spiro atoms. The van der Waals surface area contributed by atoms with Gasteiger partial charge in [0.2, 0.25) is 0 Å². The van der Waals surface area contributed by atoms with Crippen molar-refractivity contribution in [1.29, 1.82) is 0 Å². The van der Waals surface area contributed by atoms with Crippen LogP contribution in [0.2, 0.25) is 0 Å². The second-order valence-electron chi connectivity index (χ2n) is 6.93. The van der Waals surface area contributed by atoms with Crippen LogP contribution in [-0.4, -0.2) is 37.4 Å². The maximum atomic E-state index is 12.0. The normalized spacial score (nSPS) is 28.9. The molecule has 0 aliphatic heterocycles.